The van der Waals surface area contributed by atoms with Crippen molar-refractivity contribution in [2.45, 2.75) is 13.2 Å². The minimum atomic E-state index is -0.775. The smallest absolute Gasteiger partial charge is 0.411 e. The van der Waals surface area contributed by atoms with Gasteiger partial charge in [0.1, 0.15) is 5.71 Å². The third-order valence-electron chi connectivity index (χ3n) is 0.905. The molecule has 0 aromatic heterocycles. The summed E-state index contributed by atoms with van der Waals surface area (Å²) in [5, 5.41) is 10.8. The van der Waals surface area contributed by atoms with Crippen LogP contribution in [0.5, 0.6) is 0 Å². The van der Waals surface area contributed by atoms with Crippen molar-refractivity contribution in [3.05, 3.63) is 0 Å². The fraction of sp³-hybridized carbons (Fsp3) is 0.500. The maximum absolute atomic E-state index is 9.95. The molecule has 0 aromatic carbocycles. The molecule has 5 nitrogen and oxygen atoms in total. The highest BCUT2D eigenvalue weighted by Gasteiger charge is 2.32. The number of carbonyl (C=O) groups is 1. The van der Waals surface area contributed by atoms with Crippen LogP contribution < -0.4 is 0 Å². The lowest BCUT2D eigenvalue weighted by molar-refractivity contribution is -0.143. The third-order valence-corrected chi connectivity index (χ3v) is 0.905. The van der Waals surface area contributed by atoms with Crippen molar-refractivity contribution in [3.63, 3.8) is 0 Å². The molecule has 50 valence electrons. The van der Waals surface area contributed by atoms with E-state index in [1.165, 1.54) is 6.92 Å². The van der Waals surface area contributed by atoms with Crippen molar-refractivity contribution < 1.29 is 19.5 Å². The van der Waals surface area contributed by atoms with Crippen LogP contribution in [-0.4, -0.2) is 23.4 Å². The normalized spacial score (nSPS) is 20.1. The van der Waals surface area contributed by atoms with E-state index in [0.717, 1.165) is 0 Å². The van der Waals surface area contributed by atoms with Gasteiger partial charge in [-0.25, -0.2) is 4.79 Å². The molecule has 9 heavy (non-hydrogen) atoms. The molecular formula is C4H5NO4. The average molecular weight is 131 g/mol. The molecule has 1 aliphatic heterocycles. The number of carbonyl (C=O) groups excluding carboxylic acids is 1. The van der Waals surface area contributed by atoms with Gasteiger partial charge in [-0.3, -0.25) is 0 Å². The topological polar surface area (TPSA) is 68.1 Å². The minimum absolute atomic E-state index is 0.231. The summed E-state index contributed by atoms with van der Waals surface area (Å²) in [4.78, 5) is 9.95. The largest absolute Gasteiger partial charge is 0.515 e. The van der Waals surface area contributed by atoms with E-state index in [4.69, 9.17) is 5.21 Å². The van der Waals surface area contributed by atoms with E-state index < -0.39 is 12.4 Å². The Balaban J connectivity index is 2.40. The van der Waals surface area contributed by atoms with Gasteiger partial charge in [-0.15, -0.1) is 0 Å². The summed E-state index contributed by atoms with van der Waals surface area (Å²) in [5.74, 6) is 0. The lowest BCUT2D eigenvalue weighted by Gasteiger charge is -2.23. The van der Waals surface area contributed by atoms with Crippen LogP contribution >= 0.6 is 0 Å². The molecule has 1 rings (SSSR count). The van der Waals surface area contributed by atoms with Crippen molar-refractivity contribution >= 4 is 11.9 Å². The Morgan fingerprint density at radius 1 is 1.78 bits per heavy atom. The first-order valence-corrected chi connectivity index (χ1v) is 2.30. The lowest BCUT2D eigenvalue weighted by atomic mass is 10.4. The Hall–Kier alpha value is -1.26. The number of hydrogen-bond acceptors (Lipinski definition) is 5. The summed E-state index contributed by atoms with van der Waals surface area (Å²) in [6.07, 6.45) is -1.51. The summed E-state index contributed by atoms with van der Waals surface area (Å²) in [6.45, 7) is 1.48. The first kappa shape index (κ1) is 5.87. The van der Waals surface area contributed by atoms with E-state index in [2.05, 4.69) is 14.6 Å². The van der Waals surface area contributed by atoms with Gasteiger partial charge in [-0.05, 0) is 6.92 Å². The summed E-state index contributed by atoms with van der Waals surface area (Å²) in [6, 6.07) is 0. The molecule has 0 amide bonds. The molecule has 0 spiro atoms. The second kappa shape index (κ2) is 1.93. The van der Waals surface area contributed by atoms with Gasteiger partial charge in [0.15, 0.2) is 0 Å². The van der Waals surface area contributed by atoms with Crippen LogP contribution in [0.15, 0.2) is 5.16 Å². The monoisotopic (exact) mass is 131 g/mol. The van der Waals surface area contributed by atoms with Crippen molar-refractivity contribution in [2.75, 3.05) is 0 Å². The zero-order valence-corrected chi connectivity index (χ0v) is 4.70. The Bertz CT molecular complexity index is 156. The first-order chi connectivity index (χ1) is 4.24. The summed E-state index contributed by atoms with van der Waals surface area (Å²) in [5.41, 5.74) is 0.231. The Morgan fingerprint density at radius 3 is 2.67 bits per heavy atom. The van der Waals surface area contributed by atoms with Gasteiger partial charge in [0.05, 0.1) is 0 Å². The highest BCUT2D eigenvalue weighted by molar-refractivity contribution is 5.89. The van der Waals surface area contributed by atoms with E-state index in [0.29, 0.717) is 0 Å². The van der Waals surface area contributed by atoms with Crippen LogP contribution in [0.4, 0.5) is 4.79 Å². The number of rotatable bonds is 1. The summed E-state index contributed by atoms with van der Waals surface area (Å²) >= 11 is 0. The molecule has 1 saturated heterocycles. The van der Waals surface area contributed by atoms with E-state index in [1.54, 1.807) is 0 Å². The standard InChI is InChI=1S/C4H5NO4/c1-2(5-7)3-8-4(6)9-3/h3,7H,1H3/b5-2+. The van der Waals surface area contributed by atoms with Crippen LogP contribution in [0.2, 0.25) is 0 Å². The van der Waals surface area contributed by atoms with Crippen molar-refractivity contribution in [1.82, 2.24) is 0 Å². The van der Waals surface area contributed by atoms with Gasteiger partial charge < -0.3 is 14.7 Å². The second-order valence-electron chi connectivity index (χ2n) is 1.56. The average Bonchev–Trinajstić information content (AvgIpc) is 1.79. The van der Waals surface area contributed by atoms with Crippen LogP contribution in [0.1, 0.15) is 6.92 Å². The minimum Gasteiger partial charge on any atom is -0.411 e. The quantitative estimate of drug-likeness (QED) is 0.241. The molecule has 0 atom stereocenters. The fourth-order valence-electron chi connectivity index (χ4n) is 0.401. The molecule has 1 aliphatic rings. The predicted octanol–water partition coefficient (Wildman–Crippen LogP) is 0.329. The summed E-state index contributed by atoms with van der Waals surface area (Å²) < 4.78 is 8.68. The summed E-state index contributed by atoms with van der Waals surface area (Å²) in [7, 11) is 0. The molecule has 1 heterocycles. The van der Waals surface area contributed by atoms with Crippen LogP contribution in [0, 0.1) is 0 Å². The van der Waals surface area contributed by atoms with Crippen LogP contribution in [-0.2, 0) is 9.47 Å². The van der Waals surface area contributed by atoms with E-state index >= 15 is 0 Å². The number of oxime groups is 1. The molecule has 0 radical (unpaired) electrons. The van der Waals surface area contributed by atoms with E-state index in [9.17, 15) is 4.79 Å². The molecule has 0 saturated carbocycles. The van der Waals surface area contributed by atoms with Crippen molar-refractivity contribution in [1.29, 1.82) is 0 Å². The van der Waals surface area contributed by atoms with E-state index in [1.807, 2.05) is 0 Å². The predicted molar refractivity (Wildman–Crippen MR) is 26.2 cm³/mol. The van der Waals surface area contributed by atoms with Crippen LogP contribution in [0.25, 0.3) is 0 Å². The molecule has 0 unspecified atom stereocenters. The van der Waals surface area contributed by atoms with Crippen molar-refractivity contribution in [3.8, 4) is 0 Å². The van der Waals surface area contributed by atoms with E-state index in [-0.39, 0.29) is 5.71 Å². The third kappa shape index (κ3) is 0.933. The number of ether oxygens (including phenoxy) is 2. The van der Waals surface area contributed by atoms with Gasteiger partial charge >= 0.3 is 6.16 Å². The maximum Gasteiger partial charge on any atom is 0.515 e. The van der Waals surface area contributed by atoms with Crippen molar-refractivity contribution in [2.24, 2.45) is 5.16 Å². The van der Waals surface area contributed by atoms with Gasteiger partial charge in [-0.2, -0.15) is 0 Å². The highest BCUT2D eigenvalue weighted by atomic mass is 16.9. The fourth-order valence-corrected chi connectivity index (χ4v) is 0.401. The zero-order valence-electron chi connectivity index (χ0n) is 4.70. The number of hydrogen-bond donors (Lipinski definition) is 1. The molecule has 1 N–H and O–H groups in total. The van der Waals surface area contributed by atoms with Crippen LogP contribution in [0.3, 0.4) is 0 Å². The number of nitrogens with zero attached hydrogens (tertiary/aromatic N) is 1. The van der Waals surface area contributed by atoms with Gasteiger partial charge in [0, 0.05) is 0 Å². The Kier molecular flexibility index (Phi) is 1.26. The molecule has 0 aliphatic carbocycles. The molecular weight excluding hydrogens is 126 g/mol. The zero-order chi connectivity index (χ0) is 6.85. The molecule has 1 fully saturated rings. The van der Waals surface area contributed by atoms with Gasteiger partial charge in [0.25, 0.3) is 6.29 Å². The highest BCUT2D eigenvalue weighted by Crippen LogP contribution is 2.11. The van der Waals surface area contributed by atoms with Gasteiger partial charge in [-0.1, -0.05) is 5.16 Å². The second-order valence-corrected chi connectivity index (χ2v) is 1.56. The van der Waals surface area contributed by atoms with Gasteiger partial charge in [0.2, 0.25) is 0 Å². The molecule has 5 heteroatoms. The number of cyclic esters (lactones) is 2. The SMILES string of the molecule is C/C(=N\O)C1OC(=O)O1. The maximum atomic E-state index is 9.95. The molecule has 0 aromatic rings. The Labute approximate surface area is 50.9 Å². The Morgan fingerprint density at radius 2 is 2.33 bits per heavy atom. The lowest BCUT2D eigenvalue weighted by Crippen LogP contribution is -2.40. The first-order valence-electron chi connectivity index (χ1n) is 2.30. The molecule has 0 bridgehead atoms.